The lowest BCUT2D eigenvalue weighted by atomic mass is 10.0. The van der Waals surface area contributed by atoms with Crippen LogP contribution in [-0.2, 0) is 33.9 Å². The number of likely N-dealkylation sites (tertiary alicyclic amines) is 1. The average Bonchev–Trinajstić information content (AvgIpc) is 4.04. The van der Waals surface area contributed by atoms with E-state index in [-0.39, 0.29) is 31.9 Å². The molecule has 5 rings (SSSR count). The molecule has 2 saturated carbocycles. The largest absolute Gasteiger partial charge is 0.497 e. The van der Waals surface area contributed by atoms with E-state index in [1.807, 2.05) is 0 Å². The van der Waals surface area contributed by atoms with Crippen LogP contribution in [0.25, 0.3) is 10.8 Å². The Morgan fingerprint density at radius 2 is 1.82 bits per heavy atom. The van der Waals surface area contributed by atoms with Crippen molar-refractivity contribution in [2.45, 2.75) is 102 Å². The number of rotatable bonds is 16. The van der Waals surface area contributed by atoms with E-state index in [9.17, 15) is 27.6 Å². The van der Waals surface area contributed by atoms with Gasteiger partial charge in [-0.1, -0.05) is 26.0 Å². The summed E-state index contributed by atoms with van der Waals surface area (Å²) < 4.78 is 56.1. The van der Waals surface area contributed by atoms with Gasteiger partial charge in [-0.15, -0.1) is 0 Å². The van der Waals surface area contributed by atoms with Crippen molar-refractivity contribution in [2.24, 2.45) is 11.8 Å². The molecule has 1 aromatic heterocycles. The third-order valence-electron chi connectivity index (χ3n) is 9.69. The van der Waals surface area contributed by atoms with Gasteiger partial charge in [0.2, 0.25) is 27.7 Å². The molecule has 3 N–H and O–H groups in total. The molecular weight excluding hydrogens is 735 g/mol. The number of allylic oxidation sites excluding steroid dienone is 1. The van der Waals surface area contributed by atoms with Crippen molar-refractivity contribution in [1.29, 1.82) is 0 Å². The predicted octanol–water partition coefficient (Wildman–Crippen LogP) is 3.23. The first kappa shape index (κ1) is 41.5. The van der Waals surface area contributed by atoms with E-state index < -0.39 is 80.3 Å². The van der Waals surface area contributed by atoms with Crippen LogP contribution in [0, 0.1) is 11.8 Å². The normalized spacial score (nSPS) is 23.0. The predicted molar refractivity (Wildman–Crippen MR) is 202 cm³/mol. The van der Waals surface area contributed by atoms with Crippen molar-refractivity contribution in [1.82, 2.24) is 25.2 Å². The molecule has 3 fully saturated rings. The first-order chi connectivity index (χ1) is 25.9. The molecule has 2 aromatic rings. The Kier molecular flexibility index (Phi) is 12.5. The molecule has 3 aliphatic rings. The van der Waals surface area contributed by atoms with Gasteiger partial charge in [-0.3, -0.25) is 19.1 Å². The third kappa shape index (κ3) is 9.79. The van der Waals surface area contributed by atoms with Crippen molar-refractivity contribution in [3.63, 3.8) is 0 Å². The van der Waals surface area contributed by atoms with Crippen LogP contribution in [0.4, 0.5) is 4.79 Å². The molecule has 5 unspecified atom stereocenters. The Labute approximate surface area is 322 Å². The highest BCUT2D eigenvalue weighted by molar-refractivity contribution is 7.91. The van der Waals surface area contributed by atoms with Crippen LogP contribution in [0.2, 0.25) is 0 Å². The fourth-order valence-corrected chi connectivity index (χ4v) is 7.96. The second-order valence-corrected chi connectivity index (χ2v) is 17.5. The molecule has 302 valence electrons. The molecule has 2 heterocycles. The van der Waals surface area contributed by atoms with Gasteiger partial charge >= 0.3 is 6.09 Å². The zero-order valence-electron chi connectivity index (χ0n) is 32.7. The van der Waals surface area contributed by atoms with Crippen LogP contribution < -0.4 is 29.6 Å². The zero-order valence-corrected chi connectivity index (χ0v) is 33.5. The van der Waals surface area contributed by atoms with E-state index in [1.165, 1.54) is 11.1 Å². The fourth-order valence-electron chi connectivity index (χ4n) is 6.60. The summed E-state index contributed by atoms with van der Waals surface area (Å²) in [5, 5.41) is 6.09. The summed E-state index contributed by atoms with van der Waals surface area (Å²) in [4.78, 5) is 61.1. The second kappa shape index (κ2) is 16.6. The van der Waals surface area contributed by atoms with E-state index >= 15 is 0 Å². The van der Waals surface area contributed by atoms with E-state index in [4.69, 9.17) is 23.7 Å². The minimum absolute atomic E-state index is 0.00734. The molecule has 5 atom stereocenters. The number of amides is 4. The van der Waals surface area contributed by atoms with Crippen LogP contribution in [0.5, 0.6) is 17.4 Å². The highest BCUT2D eigenvalue weighted by Crippen LogP contribution is 2.46. The van der Waals surface area contributed by atoms with Crippen LogP contribution >= 0.6 is 0 Å². The number of nitrogens with zero attached hydrogens (tertiary/aromatic N) is 2. The summed E-state index contributed by atoms with van der Waals surface area (Å²) in [7, 11) is -0.794. The Morgan fingerprint density at radius 3 is 2.44 bits per heavy atom. The molecule has 55 heavy (non-hydrogen) atoms. The molecular formula is C38H53N5O11S. The number of fused-ring (bicyclic) bond motifs is 1. The first-order valence-corrected chi connectivity index (χ1v) is 20.0. The number of nitrogens with one attached hydrogen (secondary N) is 3. The summed E-state index contributed by atoms with van der Waals surface area (Å²) in [6.07, 6.45) is 4.49. The lowest BCUT2D eigenvalue weighted by Gasteiger charge is -2.31. The Balaban J connectivity index is 1.46. The molecule has 2 aliphatic carbocycles. The number of alkyl carbamates (subject to hydrolysis) is 1. The quantitative estimate of drug-likeness (QED) is 0.166. The Morgan fingerprint density at radius 1 is 1.09 bits per heavy atom. The summed E-state index contributed by atoms with van der Waals surface area (Å²) >= 11 is 0. The maximum absolute atomic E-state index is 14.4. The standard InChI is InChI=1S/C38H53N5O11S/c1-9-10-23-19-38(23,35(46)42-55(48,49)26-12-13-26)41-32(44)29-18-25(21-43(29)34(45)31(22(2)3)40-36(47)54-37(4,5)6)53-33-27-14-11-24(51-8)17-28(27)30(20-39-33)52-16-15-50-7/h9-11,14,17,20,22-23,25-26,29,31H,12-13,15-16,18-19,21H2,1-8H3,(H,40,47)(H,41,44)(H,42,46). The maximum Gasteiger partial charge on any atom is 0.408 e. The molecule has 0 radical (unpaired) electrons. The fraction of sp³-hybridized carbons (Fsp3) is 0.605. The highest BCUT2D eigenvalue weighted by Gasteiger charge is 2.62. The van der Waals surface area contributed by atoms with Gasteiger partial charge < -0.3 is 39.2 Å². The van der Waals surface area contributed by atoms with Crippen LogP contribution in [0.15, 0.2) is 36.5 Å². The molecule has 1 aromatic carbocycles. The molecule has 0 spiro atoms. The van der Waals surface area contributed by atoms with Gasteiger partial charge in [-0.25, -0.2) is 18.2 Å². The van der Waals surface area contributed by atoms with Gasteiger partial charge in [0, 0.05) is 30.2 Å². The number of aromatic nitrogens is 1. The topological polar surface area (TPSA) is 201 Å². The number of sulfonamides is 1. The SMILES string of the molecule is CC=CC1CC1(NC(=O)C1CC(Oc2ncc(OCCOC)c3cc(OC)ccc23)CN1C(=O)C(NC(=O)OC(C)(C)C)C(C)C)C(=O)NS(=O)(=O)C1CC1. The average molecular weight is 788 g/mol. The van der Waals surface area contributed by atoms with Crippen LogP contribution in [0.3, 0.4) is 0 Å². The number of methoxy groups -OCH3 is 2. The first-order valence-electron chi connectivity index (χ1n) is 18.5. The van der Waals surface area contributed by atoms with Crippen LogP contribution in [-0.4, -0.2) is 111 Å². The van der Waals surface area contributed by atoms with Crippen molar-refractivity contribution < 1.29 is 51.3 Å². The maximum atomic E-state index is 14.4. The number of benzene rings is 1. The Bertz CT molecular complexity index is 1910. The van der Waals surface area contributed by atoms with Crippen molar-refractivity contribution in [3.8, 4) is 17.4 Å². The van der Waals surface area contributed by atoms with Gasteiger partial charge in [0.1, 0.15) is 47.4 Å². The van der Waals surface area contributed by atoms with E-state index in [0.717, 1.165) is 0 Å². The summed E-state index contributed by atoms with van der Waals surface area (Å²) in [5.41, 5.74) is -2.37. The minimum Gasteiger partial charge on any atom is -0.497 e. The number of pyridine rings is 1. The summed E-state index contributed by atoms with van der Waals surface area (Å²) in [6.45, 7) is 10.9. The van der Waals surface area contributed by atoms with Gasteiger partial charge in [0.05, 0.1) is 31.7 Å². The van der Waals surface area contributed by atoms with Crippen LogP contribution in [0.1, 0.15) is 67.2 Å². The lowest BCUT2D eigenvalue weighted by molar-refractivity contribution is -0.141. The molecule has 4 amide bonds. The van der Waals surface area contributed by atoms with E-state index in [1.54, 1.807) is 86.1 Å². The van der Waals surface area contributed by atoms with Gasteiger partial charge in [0.25, 0.3) is 5.91 Å². The molecule has 1 aliphatic heterocycles. The number of ether oxygens (including phenoxy) is 5. The monoisotopic (exact) mass is 787 g/mol. The number of carbonyl (C=O) groups excluding carboxylic acids is 4. The molecule has 17 heteroatoms. The third-order valence-corrected chi connectivity index (χ3v) is 11.5. The molecule has 16 nitrogen and oxygen atoms in total. The van der Waals surface area contributed by atoms with Gasteiger partial charge in [0.15, 0.2) is 0 Å². The Hall–Kier alpha value is -4.64. The lowest BCUT2D eigenvalue weighted by Crippen LogP contribution is -2.59. The summed E-state index contributed by atoms with van der Waals surface area (Å²) in [5.74, 6) is -1.68. The molecule has 0 bridgehead atoms. The number of hydrogen-bond donors (Lipinski definition) is 3. The van der Waals surface area contributed by atoms with Crippen molar-refractivity contribution in [2.75, 3.05) is 34.0 Å². The number of hydrogen-bond acceptors (Lipinski definition) is 12. The van der Waals surface area contributed by atoms with Gasteiger partial charge in [-0.05, 0) is 71.1 Å². The van der Waals surface area contributed by atoms with Crippen molar-refractivity contribution in [3.05, 3.63) is 36.5 Å². The molecule has 1 saturated heterocycles. The second-order valence-electron chi connectivity index (χ2n) is 15.5. The number of carbonyl (C=O) groups is 4. The summed E-state index contributed by atoms with van der Waals surface area (Å²) in [6, 6.07) is 3.05. The zero-order chi connectivity index (χ0) is 40.3. The highest BCUT2D eigenvalue weighted by atomic mass is 32.2. The minimum atomic E-state index is -3.91. The van der Waals surface area contributed by atoms with E-state index in [2.05, 4.69) is 20.3 Å². The smallest absolute Gasteiger partial charge is 0.408 e. The van der Waals surface area contributed by atoms with E-state index in [0.29, 0.717) is 41.7 Å². The van der Waals surface area contributed by atoms with Crippen molar-refractivity contribution >= 4 is 44.6 Å². The van der Waals surface area contributed by atoms with Gasteiger partial charge in [-0.2, -0.15) is 0 Å².